The molecule has 2 N–H and O–H groups in total. The molecule has 0 atom stereocenters. The molecule has 4 nitrogen and oxygen atoms in total. The predicted octanol–water partition coefficient (Wildman–Crippen LogP) is 5.34. The van der Waals surface area contributed by atoms with E-state index < -0.39 is 0 Å². The van der Waals surface area contributed by atoms with E-state index >= 15 is 0 Å². The molecule has 0 amide bonds. The van der Waals surface area contributed by atoms with E-state index in [2.05, 4.69) is 34.2 Å². The van der Waals surface area contributed by atoms with Crippen molar-refractivity contribution >= 4 is 55.2 Å². The fraction of sp³-hybridized carbons (Fsp3) is 0.130. The van der Waals surface area contributed by atoms with Gasteiger partial charge in [-0.3, -0.25) is 9.59 Å². The summed E-state index contributed by atoms with van der Waals surface area (Å²) in [6.45, 7) is 4.07. The van der Waals surface area contributed by atoms with Gasteiger partial charge >= 0.3 is 0 Å². The number of hydrogen-bond donors (Lipinski definition) is 2. The molecule has 3 aromatic carbocycles. The van der Waals surface area contributed by atoms with Crippen molar-refractivity contribution in [3.05, 3.63) is 58.7 Å². The summed E-state index contributed by atoms with van der Waals surface area (Å²) < 4.78 is 0. The van der Waals surface area contributed by atoms with Crippen molar-refractivity contribution in [3.63, 3.8) is 0 Å². The third-order valence-electron chi connectivity index (χ3n) is 5.79. The molecule has 27 heavy (non-hydrogen) atoms. The molecule has 4 heteroatoms. The van der Waals surface area contributed by atoms with Gasteiger partial charge in [-0.25, -0.2) is 0 Å². The second-order valence-electron chi connectivity index (χ2n) is 7.62. The zero-order valence-corrected chi connectivity index (χ0v) is 15.0. The van der Waals surface area contributed by atoms with Gasteiger partial charge in [-0.1, -0.05) is 23.3 Å². The van der Waals surface area contributed by atoms with Crippen LogP contribution in [0.5, 0.6) is 0 Å². The number of Topliss-reactive ketones (excluding diaryl/α,β-unsaturated/α-hetero) is 2. The summed E-state index contributed by atoms with van der Waals surface area (Å²) in [6, 6.07) is 12.4. The number of benzene rings is 3. The van der Waals surface area contributed by atoms with Crippen LogP contribution >= 0.6 is 0 Å². The van der Waals surface area contributed by atoms with Crippen molar-refractivity contribution < 1.29 is 9.59 Å². The lowest BCUT2D eigenvalue weighted by molar-refractivity contribution is 0.0924. The highest BCUT2D eigenvalue weighted by molar-refractivity contribution is 6.40. The van der Waals surface area contributed by atoms with Crippen molar-refractivity contribution in [1.82, 2.24) is 9.97 Å². The second kappa shape index (κ2) is 4.65. The van der Waals surface area contributed by atoms with Gasteiger partial charge in [-0.15, -0.1) is 0 Å². The molecule has 2 aromatic heterocycles. The molecule has 0 saturated carbocycles. The van der Waals surface area contributed by atoms with Crippen LogP contribution in [0.3, 0.4) is 0 Å². The van der Waals surface area contributed by atoms with Crippen molar-refractivity contribution in [3.8, 4) is 0 Å². The first kappa shape index (κ1) is 14.7. The number of aromatic nitrogens is 2. The van der Waals surface area contributed by atoms with Gasteiger partial charge in [-0.2, -0.15) is 0 Å². The molecule has 0 saturated heterocycles. The smallest absolute Gasteiger partial charge is 0.172 e. The monoisotopic (exact) mass is 352 g/mol. The Bertz CT molecular complexity index is 1380. The highest BCUT2D eigenvalue weighted by atomic mass is 16.2. The second-order valence-corrected chi connectivity index (χ2v) is 7.62. The maximum Gasteiger partial charge on any atom is 0.172 e. The topological polar surface area (TPSA) is 65.7 Å². The van der Waals surface area contributed by atoms with E-state index in [1.807, 2.05) is 26.0 Å². The largest absolute Gasteiger partial charge is 0.353 e. The van der Waals surface area contributed by atoms with Gasteiger partial charge in [0.2, 0.25) is 0 Å². The Kier molecular flexibility index (Phi) is 2.54. The van der Waals surface area contributed by atoms with Crippen LogP contribution in [-0.4, -0.2) is 21.5 Å². The average molecular weight is 352 g/mol. The van der Waals surface area contributed by atoms with E-state index in [4.69, 9.17) is 0 Å². The molecular weight excluding hydrogens is 336 g/mol. The Morgan fingerprint density at radius 2 is 1.15 bits per heavy atom. The summed E-state index contributed by atoms with van der Waals surface area (Å²) in [4.78, 5) is 32.7. The Morgan fingerprint density at radius 3 is 1.59 bits per heavy atom. The summed E-state index contributed by atoms with van der Waals surface area (Å²) in [5, 5.41) is 3.74. The van der Waals surface area contributed by atoms with Crippen molar-refractivity contribution in [2.24, 2.45) is 0 Å². The molecular formula is C23H16N2O2. The number of hydrogen-bond acceptors (Lipinski definition) is 2. The lowest BCUT2D eigenvalue weighted by atomic mass is 9.96. The van der Waals surface area contributed by atoms with E-state index in [-0.39, 0.29) is 18.0 Å². The number of ketones is 2. The van der Waals surface area contributed by atoms with Crippen molar-refractivity contribution in [2.45, 2.75) is 20.3 Å². The Balaban J connectivity index is 2.00. The van der Waals surface area contributed by atoms with Gasteiger partial charge < -0.3 is 9.97 Å². The summed E-state index contributed by atoms with van der Waals surface area (Å²) in [5.74, 6) is -0.155. The maximum atomic E-state index is 12.8. The maximum absolute atomic E-state index is 12.8. The molecule has 0 unspecified atom stereocenters. The lowest BCUT2D eigenvalue weighted by Gasteiger charge is -2.04. The lowest BCUT2D eigenvalue weighted by Crippen LogP contribution is -1.94. The molecule has 0 radical (unpaired) electrons. The molecule has 130 valence electrons. The zero-order valence-electron chi connectivity index (χ0n) is 15.0. The normalized spacial score (nSPS) is 14.3. The van der Waals surface area contributed by atoms with Crippen LogP contribution in [0.2, 0.25) is 0 Å². The van der Waals surface area contributed by atoms with Crippen LogP contribution in [-0.2, 0) is 0 Å². The van der Waals surface area contributed by atoms with Gasteiger partial charge in [0.1, 0.15) is 0 Å². The average Bonchev–Trinajstić information content (AvgIpc) is 3.26. The molecule has 1 aliphatic rings. The van der Waals surface area contributed by atoms with Crippen LogP contribution < -0.4 is 0 Å². The minimum absolute atomic E-state index is 0.0411. The zero-order chi connectivity index (χ0) is 18.4. The summed E-state index contributed by atoms with van der Waals surface area (Å²) in [5.41, 5.74) is 7.19. The Labute approximate surface area is 154 Å². The van der Waals surface area contributed by atoms with E-state index in [0.717, 1.165) is 54.7 Å². The van der Waals surface area contributed by atoms with Crippen LogP contribution in [0.1, 0.15) is 38.3 Å². The van der Waals surface area contributed by atoms with Crippen LogP contribution in [0.4, 0.5) is 0 Å². The van der Waals surface area contributed by atoms with E-state index in [0.29, 0.717) is 11.1 Å². The minimum atomic E-state index is -0.0775. The number of fused-ring (bicyclic) bond motifs is 10. The number of aryl methyl sites for hydroxylation is 2. The first-order chi connectivity index (χ1) is 13.0. The number of rotatable bonds is 0. The highest BCUT2D eigenvalue weighted by Crippen LogP contribution is 2.43. The van der Waals surface area contributed by atoms with E-state index in [1.165, 1.54) is 0 Å². The van der Waals surface area contributed by atoms with Crippen LogP contribution in [0.25, 0.3) is 43.6 Å². The van der Waals surface area contributed by atoms with Gasteiger partial charge in [0.15, 0.2) is 11.6 Å². The van der Waals surface area contributed by atoms with Gasteiger partial charge in [0.25, 0.3) is 0 Å². The number of carbonyl (C=O) groups excluding carboxylic acids is 2. The number of H-pyrrole nitrogens is 2. The predicted molar refractivity (Wildman–Crippen MR) is 108 cm³/mol. The molecule has 0 aliphatic heterocycles. The van der Waals surface area contributed by atoms with E-state index in [9.17, 15) is 9.59 Å². The third kappa shape index (κ3) is 1.72. The third-order valence-corrected chi connectivity index (χ3v) is 5.79. The standard InChI is InChI=1S/C23H16N2O2/c1-10-3-5-14-12(7-10)18-20-16(26)9-17(27)21(20)19-13-8-11(2)4-6-15(13)25-23(19)22(18)24-14/h3-8,24-25H,9H2,1-2H3. The molecule has 5 aromatic rings. The molecule has 6 rings (SSSR count). The Morgan fingerprint density at radius 1 is 0.704 bits per heavy atom. The van der Waals surface area contributed by atoms with Crippen molar-refractivity contribution in [2.75, 3.05) is 0 Å². The summed E-state index contributed by atoms with van der Waals surface area (Å²) in [6.07, 6.45) is -0.0411. The van der Waals surface area contributed by atoms with Gasteiger partial charge in [0.05, 0.1) is 17.5 Å². The summed E-state index contributed by atoms with van der Waals surface area (Å²) >= 11 is 0. The number of nitrogens with one attached hydrogen (secondary N) is 2. The highest BCUT2D eigenvalue weighted by Gasteiger charge is 2.34. The number of aromatic amines is 2. The van der Waals surface area contributed by atoms with E-state index in [1.54, 1.807) is 0 Å². The molecule has 0 fully saturated rings. The fourth-order valence-corrected chi connectivity index (χ4v) is 4.64. The SMILES string of the molecule is Cc1ccc2[nH]c3c4[nH]c5ccc(C)cc5c4c4c(c3c2c1)C(=O)CC4=O. The molecule has 2 heterocycles. The fourth-order valence-electron chi connectivity index (χ4n) is 4.64. The van der Waals surface area contributed by atoms with Gasteiger partial charge in [-0.05, 0) is 38.1 Å². The molecule has 0 bridgehead atoms. The summed E-state index contributed by atoms with van der Waals surface area (Å²) in [7, 11) is 0. The van der Waals surface area contributed by atoms with Crippen LogP contribution in [0.15, 0.2) is 36.4 Å². The van der Waals surface area contributed by atoms with Crippen LogP contribution in [0, 0.1) is 13.8 Å². The van der Waals surface area contributed by atoms with Crippen molar-refractivity contribution in [1.29, 1.82) is 0 Å². The first-order valence-electron chi connectivity index (χ1n) is 9.09. The number of carbonyl (C=O) groups is 2. The molecule has 0 spiro atoms. The first-order valence-corrected chi connectivity index (χ1v) is 9.09. The molecule has 1 aliphatic carbocycles. The quantitative estimate of drug-likeness (QED) is 0.369. The Hall–Kier alpha value is -3.40. The minimum Gasteiger partial charge on any atom is -0.353 e. The van der Waals surface area contributed by atoms with Gasteiger partial charge in [0, 0.05) is 43.7 Å².